The van der Waals surface area contributed by atoms with Gasteiger partial charge < -0.3 is 15.4 Å². The Morgan fingerprint density at radius 1 is 1.47 bits per heavy atom. The smallest absolute Gasteiger partial charge is 0.350 e. The van der Waals surface area contributed by atoms with Crippen LogP contribution in [0.2, 0.25) is 0 Å². The Hall–Kier alpha value is -1.40. The second kappa shape index (κ2) is 5.71. The molecule has 0 spiro atoms. The second-order valence-corrected chi connectivity index (χ2v) is 5.74. The van der Waals surface area contributed by atoms with Gasteiger partial charge in [-0.3, -0.25) is 4.79 Å². The van der Waals surface area contributed by atoms with E-state index < -0.39 is 11.5 Å². The van der Waals surface area contributed by atoms with E-state index in [4.69, 9.17) is 4.74 Å². The monoisotopic (exact) mass is 282 g/mol. The van der Waals surface area contributed by atoms with Crippen molar-refractivity contribution in [3.8, 4) is 0 Å². The standard InChI is InChI=1S/C13H18N2O3S/c1-13(6-3-4-7-14-13)12(17)15-9-5-8-19-10(9)11(16)18-2/h5,8,14H,3-4,6-7H2,1-2H3,(H,15,17). The first-order chi connectivity index (χ1) is 9.07. The van der Waals surface area contributed by atoms with Crippen LogP contribution >= 0.6 is 11.3 Å². The largest absolute Gasteiger partial charge is 0.465 e. The number of rotatable bonds is 3. The Labute approximate surface area is 116 Å². The average molecular weight is 282 g/mol. The average Bonchev–Trinajstić information content (AvgIpc) is 2.87. The Kier molecular flexibility index (Phi) is 4.21. The maximum atomic E-state index is 12.3. The van der Waals surface area contributed by atoms with Gasteiger partial charge >= 0.3 is 5.97 Å². The Bertz CT molecular complexity index is 478. The van der Waals surface area contributed by atoms with Crippen molar-refractivity contribution in [3.05, 3.63) is 16.3 Å². The molecule has 5 nitrogen and oxygen atoms in total. The summed E-state index contributed by atoms with van der Waals surface area (Å²) in [5.74, 6) is -0.525. The molecule has 6 heteroatoms. The first-order valence-corrected chi connectivity index (χ1v) is 7.17. The maximum absolute atomic E-state index is 12.3. The summed E-state index contributed by atoms with van der Waals surface area (Å²) in [5.41, 5.74) is -0.0384. The molecule has 0 aromatic carbocycles. The molecule has 0 saturated carbocycles. The molecule has 1 amide bonds. The molecule has 19 heavy (non-hydrogen) atoms. The quantitative estimate of drug-likeness (QED) is 0.832. The molecular weight excluding hydrogens is 264 g/mol. The van der Waals surface area contributed by atoms with E-state index in [1.165, 1.54) is 18.4 Å². The summed E-state index contributed by atoms with van der Waals surface area (Å²) in [6, 6.07) is 1.72. The van der Waals surface area contributed by atoms with Gasteiger partial charge in [0.2, 0.25) is 5.91 Å². The van der Waals surface area contributed by atoms with Gasteiger partial charge in [0.1, 0.15) is 4.88 Å². The third kappa shape index (κ3) is 2.96. The van der Waals surface area contributed by atoms with Crippen molar-refractivity contribution in [2.75, 3.05) is 19.0 Å². The van der Waals surface area contributed by atoms with E-state index in [-0.39, 0.29) is 5.91 Å². The summed E-state index contributed by atoms with van der Waals surface area (Å²) < 4.78 is 4.69. The molecule has 1 aromatic heterocycles. The van der Waals surface area contributed by atoms with E-state index in [9.17, 15) is 9.59 Å². The van der Waals surface area contributed by atoms with E-state index >= 15 is 0 Å². The van der Waals surface area contributed by atoms with Crippen molar-refractivity contribution in [1.82, 2.24) is 5.32 Å². The lowest BCUT2D eigenvalue weighted by molar-refractivity contribution is -0.122. The highest BCUT2D eigenvalue weighted by Gasteiger charge is 2.34. The molecule has 1 aliphatic heterocycles. The number of carbonyl (C=O) groups is 2. The molecule has 1 atom stereocenters. The Morgan fingerprint density at radius 3 is 2.89 bits per heavy atom. The minimum absolute atomic E-state index is 0.101. The van der Waals surface area contributed by atoms with Crippen molar-refractivity contribution in [1.29, 1.82) is 0 Å². The molecule has 0 bridgehead atoms. The highest BCUT2D eigenvalue weighted by molar-refractivity contribution is 7.12. The van der Waals surface area contributed by atoms with Crippen LogP contribution in [0, 0.1) is 0 Å². The zero-order valence-corrected chi connectivity index (χ0v) is 11.9. The number of anilines is 1. The SMILES string of the molecule is COC(=O)c1sccc1NC(=O)C1(C)CCCCN1. The number of thiophene rings is 1. The topological polar surface area (TPSA) is 67.4 Å². The molecule has 2 N–H and O–H groups in total. The molecule has 1 saturated heterocycles. The van der Waals surface area contributed by atoms with Crippen molar-refractivity contribution in [2.24, 2.45) is 0 Å². The van der Waals surface area contributed by atoms with Crippen LogP contribution in [0.5, 0.6) is 0 Å². The summed E-state index contributed by atoms with van der Waals surface area (Å²) in [4.78, 5) is 24.3. The molecular formula is C13H18N2O3S. The summed E-state index contributed by atoms with van der Waals surface area (Å²) >= 11 is 1.26. The third-order valence-corrected chi connectivity index (χ3v) is 4.30. The van der Waals surface area contributed by atoms with E-state index in [0.29, 0.717) is 10.6 Å². The molecule has 1 unspecified atom stereocenters. The number of hydrogen-bond acceptors (Lipinski definition) is 5. The van der Waals surface area contributed by atoms with Crippen LogP contribution in [0.1, 0.15) is 35.9 Å². The normalized spacial score (nSPS) is 22.8. The van der Waals surface area contributed by atoms with Crippen LogP contribution in [-0.2, 0) is 9.53 Å². The molecule has 2 heterocycles. The molecule has 1 aliphatic rings. The highest BCUT2D eigenvalue weighted by Crippen LogP contribution is 2.26. The number of carbonyl (C=O) groups excluding carboxylic acids is 2. The number of methoxy groups -OCH3 is 1. The predicted octanol–water partition coefficient (Wildman–Crippen LogP) is 2.01. The van der Waals surface area contributed by atoms with Crippen molar-refractivity contribution < 1.29 is 14.3 Å². The summed E-state index contributed by atoms with van der Waals surface area (Å²) in [6.07, 6.45) is 2.93. The molecule has 0 aliphatic carbocycles. The van der Waals surface area contributed by atoms with E-state index in [2.05, 4.69) is 10.6 Å². The van der Waals surface area contributed by atoms with Crippen molar-refractivity contribution in [3.63, 3.8) is 0 Å². The minimum atomic E-state index is -0.562. The summed E-state index contributed by atoms with van der Waals surface area (Å²) in [6.45, 7) is 2.74. The lowest BCUT2D eigenvalue weighted by atomic mass is 9.90. The van der Waals surface area contributed by atoms with Crippen molar-refractivity contribution in [2.45, 2.75) is 31.7 Å². The Balaban J connectivity index is 2.10. The van der Waals surface area contributed by atoms with Gasteiger partial charge in [-0.15, -0.1) is 11.3 Å². The molecule has 1 fully saturated rings. The molecule has 2 rings (SSSR count). The van der Waals surface area contributed by atoms with Crippen LogP contribution in [0.4, 0.5) is 5.69 Å². The van der Waals surface area contributed by atoms with Crippen LogP contribution in [0.25, 0.3) is 0 Å². The van der Waals surface area contributed by atoms with E-state index in [0.717, 1.165) is 25.8 Å². The lowest BCUT2D eigenvalue weighted by Crippen LogP contribution is -2.54. The number of amides is 1. The van der Waals surface area contributed by atoms with E-state index in [1.807, 2.05) is 6.92 Å². The zero-order chi connectivity index (χ0) is 13.9. The first kappa shape index (κ1) is 14.0. The van der Waals surface area contributed by atoms with Crippen LogP contribution in [-0.4, -0.2) is 31.1 Å². The van der Waals surface area contributed by atoms with Gasteiger partial charge in [-0.2, -0.15) is 0 Å². The van der Waals surface area contributed by atoms with Gasteiger partial charge in [0, 0.05) is 0 Å². The van der Waals surface area contributed by atoms with Crippen LogP contribution in [0.3, 0.4) is 0 Å². The van der Waals surface area contributed by atoms with Gasteiger partial charge in [0.25, 0.3) is 0 Å². The summed E-state index contributed by atoms with van der Waals surface area (Å²) in [5, 5.41) is 7.83. The van der Waals surface area contributed by atoms with Gasteiger partial charge in [-0.25, -0.2) is 4.79 Å². The maximum Gasteiger partial charge on any atom is 0.350 e. The molecule has 1 aromatic rings. The number of esters is 1. The van der Waals surface area contributed by atoms with Crippen molar-refractivity contribution >= 4 is 28.9 Å². The lowest BCUT2D eigenvalue weighted by Gasteiger charge is -2.33. The highest BCUT2D eigenvalue weighted by atomic mass is 32.1. The number of ether oxygens (including phenoxy) is 1. The van der Waals surface area contributed by atoms with Crippen LogP contribution < -0.4 is 10.6 Å². The molecule has 0 radical (unpaired) electrons. The Morgan fingerprint density at radius 2 is 2.26 bits per heavy atom. The summed E-state index contributed by atoms with van der Waals surface area (Å²) in [7, 11) is 1.33. The number of hydrogen-bond donors (Lipinski definition) is 2. The van der Waals surface area contributed by atoms with Gasteiger partial charge in [0.05, 0.1) is 18.3 Å². The third-order valence-electron chi connectivity index (χ3n) is 3.40. The fourth-order valence-corrected chi connectivity index (χ4v) is 2.93. The fraction of sp³-hybridized carbons (Fsp3) is 0.538. The first-order valence-electron chi connectivity index (χ1n) is 6.29. The van der Waals surface area contributed by atoms with Gasteiger partial charge in [0.15, 0.2) is 0 Å². The second-order valence-electron chi connectivity index (χ2n) is 4.83. The minimum Gasteiger partial charge on any atom is -0.465 e. The molecule has 104 valence electrons. The zero-order valence-electron chi connectivity index (χ0n) is 11.1. The van der Waals surface area contributed by atoms with Gasteiger partial charge in [-0.1, -0.05) is 0 Å². The number of nitrogens with one attached hydrogen (secondary N) is 2. The van der Waals surface area contributed by atoms with Gasteiger partial charge in [-0.05, 0) is 44.2 Å². The van der Waals surface area contributed by atoms with E-state index in [1.54, 1.807) is 11.4 Å². The fourth-order valence-electron chi connectivity index (χ4n) is 2.17. The number of piperidine rings is 1. The predicted molar refractivity (Wildman–Crippen MR) is 74.5 cm³/mol. The van der Waals surface area contributed by atoms with Crippen LogP contribution in [0.15, 0.2) is 11.4 Å².